The van der Waals surface area contributed by atoms with Gasteiger partial charge in [0.15, 0.2) is 0 Å². The van der Waals surface area contributed by atoms with Crippen LogP contribution in [-0.2, 0) is 6.42 Å². The number of fused-ring (bicyclic) bond motifs is 1. The third kappa shape index (κ3) is 1.25. The summed E-state index contributed by atoms with van der Waals surface area (Å²) in [6.45, 7) is 0. The molecule has 0 spiro atoms. The zero-order valence-electron chi connectivity index (χ0n) is 7.34. The average molecular weight is 185 g/mol. The van der Waals surface area contributed by atoms with Gasteiger partial charge in [-0.1, -0.05) is 6.07 Å². The van der Waals surface area contributed by atoms with E-state index in [4.69, 9.17) is 5.26 Å². The maximum Gasteiger partial charge on any atom is 0.262 e. The second-order valence-corrected chi connectivity index (χ2v) is 2.85. The van der Waals surface area contributed by atoms with Gasteiger partial charge in [0.05, 0.1) is 18.1 Å². The van der Waals surface area contributed by atoms with Gasteiger partial charge in [0.25, 0.3) is 5.56 Å². The van der Waals surface area contributed by atoms with Crippen LogP contribution in [0.1, 0.15) is 5.56 Å². The predicted molar refractivity (Wildman–Crippen MR) is 50.8 cm³/mol. The van der Waals surface area contributed by atoms with Crippen LogP contribution in [0.5, 0.6) is 0 Å². The van der Waals surface area contributed by atoms with Gasteiger partial charge >= 0.3 is 0 Å². The molecule has 0 radical (unpaired) electrons. The van der Waals surface area contributed by atoms with Gasteiger partial charge in [0.1, 0.15) is 5.65 Å². The largest absolute Gasteiger partial charge is 0.269 e. The summed E-state index contributed by atoms with van der Waals surface area (Å²) in [5, 5.41) is 8.49. The van der Waals surface area contributed by atoms with Crippen molar-refractivity contribution in [3.05, 3.63) is 46.5 Å². The molecule has 2 aromatic heterocycles. The third-order valence-corrected chi connectivity index (χ3v) is 1.95. The Labute approximate surface area is 80.1 Å². The number of pyridine rings is 1. The van der Waals surface area contributed by atoms with Gasteiger partial charge in [-0.05, 0) is 12.1 Å². The Hall–Kier alpha value is -2.15. The first-order valence-electron chi connectivity index (χ1n) is 4.15. The molecule has 0 aliphatic heterocycles. The van der Waals surface area contributed by atoms with Gasteiger partial charge in [-0.2, -0.15) is 5.26 Å². The molecule has 0 saturated carbocycles. The van der Waals surface area contributed by atoms with E-state index in [0.29, 0.717) is 11.2 Å². The molecule has 2 heterocycles. The van der Waals surface area contributed by atoms with E-state index in [1.807, 2.05) is 12.1 Å². The molecule has 0 fully saturated rings. The molecule has 0 amide bonds. The minimum atomic E-state index is -0.169. The molecule has 4 nitrogen and oxygen atoms in total. The van der Waals surface area contributed by atoms with E-state index in [9.17, 15) is 4.79 Å². The molecule has 68 valence electrons. The van der Waals surface area contributed by atoms with Crippen LogP contribution in [0.2, 0.25) is 0 Å². The van der Waals surface area contributed by atoms with Crippen LogP contribution in [0.25, 0.3) is 5.65 Å². The SMILES string of the molecule is N#CCc1cnc2ccccn2c1=O. The van der Waals surface area contributed by atoms with Crippen LogP contribution in [0, 0.1) is 11.3 Å². The second-order valence-electron chi connectivity index (χ2n) is 2.85. The first kappa shape index (κ1) is 8.45. The molecular formula is C10H7N3O. The zero-order chi connectivity index (χ0) is 9.97. The molecule has 14 heavy (non-hydrogen) atoms. The number of nitriles is 1. The maximum atomic E-state index is 11.7. The van der Waals surface area contributed by atoms with Crippen LogP contribution in [-0.4, -0.2) is 9.38 Å². The van der Waals surface area contributed by atoms with Gasteiger partial charge in [-0.15, -0.1) is 0 Å². The fourth-order valence-corrected chi connectivity index (χ4v) is 1.27. The minimum Gasteiger partial charge on any atom is -0.269 e. The standard InChI is InChI=1S/C10H7N3O/c11-5-4-8-7-12-9-3-1-2-6-13(9)10(8)14/h1-3,6-7H,4H2. The lowest BCUT2D eigenvalue weighted by molar-refractivity contribution is 0.995. The zero-order valence-corrected chi connectivity index (χ0v) is 7.34. The number of hydrogen-bond donors (Lipinski definition) is 0. The Morgan fingerprint density at radius 1 is 1.50 bits per heavy atom. The normalized spacial score (nSPS) is 9.93. The number of rotatable bonds is 1. The van der Waals surface area contributed by atoms with Gasteiger partial charge < -0.3 is 0 Å². The van der Waals surface area contributed by atoms with Crippen molar-refractivity contribution < 1.29 is 0 Å². The number of aromatic nitrogens is 2. The topological polar surface area (TPSA) is 58.2 Å². The lowest BCUT2D eigenvalue weighted by Crippen LogP contribution is -2.18. The average Bonchev–Trinajstić information content (AvgIpc) is 2.23. The summed E-state index contributed by atoms with van der Waals surface area (Å²) in [6.07, 6.45) is 3.20. The fraction of sp³-hybridized carbons (Fsp3) is 0.100. The Kier molecular flexibility index (Phi) is 1.99. The first-order chi connectivity index (χ1) is 6.83. The van der Waals surface area contributed by atoms with Crippen molar-refractivity contribution in [1.29, 1.82) is 5.26 Å². The van der Waals surface area contributed by atoms with E-state index in [-0.39, 0.29) is 12.0 Å². The number of hydrogen-bond acceptors (Lipinski definition) is 3. The van der Waals surface area contributed by atoms with Crippen molar-refractivity contribution in [1.82, 2.24) is 9.38 Å². The summed E-state index contributed by atoms with van der Waals surface area (Å²) in [6, 6.07) is 7.25. The van der Waals surface area contributed by atoms with Crippen LogP contribution in [0.15, 0.2) is 35.4 Å². The van der Waals surface area contributed by atoms with Crippen molar-refractivity contribution in [2.75, 3.05) is 0 Å². The van der Waals surface area contributed by atoms with E-state index in [1.54, 1.807) is 18.3 Å². The Morgan fingerprint density at radius 2 is 2.36 bits per heavy atom. The van der Waals surface area contributed by atoms with Crippen molar-refractivity contribution in [2.45, 2.75) is 6.42 Å². The number of nitrogens with zero attached hydrogens (tertiary/aromatic N) is 3. The molecule has 0 bridgehead atoms. The molecule has 0 atom stereocenters. The molecule has 0 unspecified atom stereocenters. The maximum absolute atomic E-state index is 11.7. The summed E-state index contributed by atoms with van der Waals surface area (Å²) in [7, 11) is 0. The molecule has 0 aliphatic carbocycles. The Bertz CT molecular complexity index is 565. The van der Waals surface area contributed by atoms with Crippen LogP contribution < -0.4 is 5.56 Å². The third-order valence-electron chi connectivity index (χ3n) is 1.95. The van der Waals surface area contributed by atoms with Crippen molar-refractivity contribution in [3.63, 3.8) is 0 Å². The Morgan fingerprint density at radius 3 is 3.14 bits per heavy atom. The highest BCUT2D eigenvalue weighted by Gasteiger charge is 2.02. The van der Waals surface area contributed by atoms with Gasteiger partial charge in [-0.3, -0.25) is 9.20 Å². The monoisotopic (exact) mass is 185 g/mol. The van der Waals surface area contributed by atoms with Crippen molar-refractivity contribution >= 4 is 5.65 Å². The van der Waals surface area contributed by atoms with E-state index in [2.05, 4.69) is 4.98 Å². The molecule has 2 rings (SSSR count). The lowest BCUT2D eigenvalue weighted by atomic mass is 10.2. The van der Waals surface area contributed by atoms with Crippen LogP contribution in [0.3, 0.4) is 0 Å². The van der Waals surface area contributed by atoms with E-state index < -0.39 is 0 Å². The first-order valence-corrected chi connectivity index (χ1v) is 4.15. The Balaban J connectivity index is 2.77. The van der Waals surface area contributed by atoms with E-state index >= 15 is 0 Å². The highest BCUT2D eigenvalue weighted by atomic mass is 16.1. The summed E-state index contributed by atoms with van der Waals surface area (Å²) in [5.74, 6) is 0. The molecule has 0 saturated heterocycles. The second kappa shape index (κ2) is 3.30. The quantitative estimate of drug-likeness (QED) is 0.659. The van der Waals surface area contributed by atoms with Crippen molar-refractivity contribution in [2.24, 2.45) is 0 Å². The van der Waals surface area contributed by atoms with Gasteiger partial charge in [-0.25, -0.2) is 4.98 Å². The van der Waals surface area contributed by atoms with E-state index in [1.165, 1.54) is 10.6 Å². The molecule has 2 aromatic rings. The fourth-order valence-electron chi connectivity index (χ4n) is 1.27. The molecule has 0 aromatic carbocycles. The molecule has 4 heteroatoms. The summed E-state index contributed by atoms with van der Waals surface area (Å²) >= 11 is 0. The lowest BCUT2D eigenvalue weighted by Gasteiger charge is -1.99. The summed E-state index contributed by atoms with van der Waals surface area (Å²) < 4.78 is 1.44. The molecule has 0 aliphatic rings. The van der Waals surface area contributed by atoms with Crippen LogP contribution >= 0.6 is 0 Å². The van der Waals surface area contributed by atoms with Crippen molar-refractivity contribution in [3.8, 4) is 6.07 Å². The molecule has 0 N–H and O–H groups in total. The highest BCUT2D eigenvalue weighted by molar-refractivity contribution is 5.37. The van der Waals surface area contributed by atoms with Gasteiger partial charge in [0, 0.05) is 12.4 Å². The van der Waals surface area contributed by atoms with Gasteiger partial charge in [0.2, 0.25) is 0 Å². The molecular weight excluding hydrogens is 178 g/mol. The summed E-state index contributed by atoms with van der Waals surface area (Å²) in [5.41, 5.74) is 0.854. The predicted octanol–water partition coefficient (Wildman–Crippen LogP) is 0.761. The smallest absolute Gasteiger partial charge is 0.262 e. The summed E-state index contributed by atoms with van der Waals surface area (Å²) in [4.78, 5) is 15.8. The minimum absolute atomic E-state index is 0.101. The highest BCUT2D eigenvalue weighted by Crippen LogP contribution is 1.97. The van der Waals surface area contributed by atoms with Crippen LogP contribution in [0.4, 0.5) is 0 Å². The van der Waals surface area contributed by atoms with E-state index in [0.717, 1.165) is 0 Å².